The topological polar surface area (TPSA) is 108 Å². The molecule has 0 spiro atoms. The second-order valence-corrected chi connectivity index (χ2v) is 21.0. The highest BCUT2D eigenvalue weighted by Crippen LogP contribution is 2.43. The minimum atomic E-state index is -4.41. The Bertz CT molecular complexity index is 1820. The average molecular weight is 1060 g/mol. The van der Waals surface area contributed by atoms with Crippen molar-refractivity contribution in [3.05, 3.63) is 158 Å². The van der Waals surface area contributed by atoms with Crippen molar-refractivity contribution < 1.29 is 42.1 Å². The molecule has 0 aliphatic rings. The molecule has 1 N–H and O–H groups in total. The fraction of sp³-hybridized carbons (Fsp3) is 0.569. The molecule has 0 aromatic heterocycles. The van der Waals surface area contributed by atoms with Crippen molar-refractivity contribution in [2.75, 3.05) is 47.5 Å². The number of likely N-dealkylation sites (N-methyl/N-ethyl adjacent to an activating group) is 1. The Hall–Kier alpha value is -4.37. The Morgan fingerprint density at radius 1 is 0.427 bits per heavy atom. The Kier molecular flexibility index (Phi) is 51.2. The largest absolute Gasteiger partial charge is 0.472 e. The highest BCUT2D eigenvalue weighted by Gasteiger charge is 2.27. The fourth-order valence-corrected chi connectivity index (χ4v) is 7.60. The first-order chi connectivity index (χ1) is 36.5. The molecule has 9 nitrogen and oxygen atoms in total. The number of esters is 2. The molecule has 0 amide bonds. The summed E-state index contributed by atoms with van der Waals surface area (Å²) in [5, 5.41) is 0. The van der Waals surface area contributed by atoms with Crippen LogP contribution in [0.5, 0.6) is 0 Å². The van der Waals surface area contributed by atoms with E-state index in [-0.39, 0.29) is 26.1 Å². The lowest BCUT2D eigenvalue weighted by molar-refractivity contribution is -0.870. The number of carbonyl (C=O) groups is 2. The molecule has 0 saturated carbocycles. The second kappa shape index (κ2) is 54.4. The van der Waals surface area contributed by atoms with E-state index in [1.807, 2.05) is 21.1 Å². The summed E-state index contributed by atoms with van der Waals surface area (Å²) in [7, 11) is 1.42. The van der Waals surface area contributed by atoms with Gasteiger partial charge in [0, 0.05) is 12.8 Å². The molecule has 2 atom stereocenters. The third-order valence-corrected chi connectivity index (χ3v) is 12.3. The van der Waals surface area contributed by atoms with Crippen molar-refractivity contribution in [2.45, 2.75) is 193 Å². The third kappa shape index (κ3) is 58.7. The number of quaternary nitrogens is 1. The summed E-state index contributed by atoms with van der Waals surface area (Å²) in [5.74, 6) is -0.868. The van der Waals surface area contributed by atoms with Gasteiger partial charge in [-0.1, -0.05) is 210 Å². The van der Waals surface area contributed by atoms with Gasteiger partial charge in [0.05, 0.1) is 27.7 Å². The van der Waals surface area contributed by atoms with Crippen LogP contribution in [0.15, 0.2) is 158 Å². The smallest absolute Gasteiger partial charge is 0.462 e. The molecule has 0 bridgehead atoms. The van der Waals surface area contributed by atoms with Gasteiger partial charge >= 0.3 is 19.8 Å². The molecule has 0 aromatic carbocycles. The highest BCUT2D eigenvalue weighted by molar-refractivity contribution is 7.47. The summed E-state index contributed by atoms with van der Waals surface area (Å²) in [6, 6.07) is 0. The van der Waals surface area contributed by atoms with Crippen LogP contribution >= 0.6 is 7.82 Å². The minimum absolute atomic E-state index is 0.0134. The Balaban J connectivity index is 4.26. The quantitative estimate of drug-likeness (QED) is 0.0211. The molecule has 0 saturated heterocycles. The van der Waals surface area contributed by atoms with Gasteiger partial charge in [0.2, 0.25) is 0 Å². The van der Waals surface area contributed by atoms with E-state index >= 15 is 0 Å². The zero-order valence-electron chi connectivity index (χ0n) is 47.7. The number of unbranched alkanes of at least 4 members (excludes halogenated alkanes) is 10. The Morgan fingerprint density at radius 3 is 1.15 bits per heavy atom. The van der Waals surface area contributed by atoms with Crippen LogP contribution in [-0.4, -0.2) is 74.9 Å². The first kappa shape index (κ1) is 70.6. The van der Waals surface area contributed by atoms with E-state index in [0.29, 0.717) is 23.9 Å². The number of allylic oxidation sites excluding steroid dienone is 26. The number of ether oxygens (including phenoxy) is 2. The maximum Gasteiger partial charge on any atom is 0.472 e. The summed E-state index contributed by atoms with van der Waals surface area (Å²) >= 11 is 0. The molecule has 10 heteroatoms. The van der Waals surface area contributed by atoms with E-state index in [1.54, 1.807) is 0 Å². The van der Waals surface area contributed by atoms with Gasteiger partial charge in [0.1, 0.15) is 19.8 Å². The number of phosphoric ester groups is 1. The van der Waals surface area contributed by atoms with E-state index in [4.69, 9.17) is 18.5 Å². The van der Waals surface area contributed by atoms with E-state index in [0.717, 1.165) is 135 Å². The lowest BCUT2D eigenvalue weighted by Crippen LogP contribution is -2.37. The van der Waals surface area contributed by atoms with Crippen LogP contribution in [0.2, 0.25) is 0 Å². The predicted octanol–water partition coefficient (Wildman–Crippen LogP) is 18.1. The van der Waals surface area contributed by atoms with Crippen molar-refractivity contribution in [3.63, 3.8) is 0 Å². The van der Waals surface area contributed by atoms with Crippen molar-refractivity contribution >= 4 is 19.8 Å². The molecule has 2 unspecified atom stereocenters. The van der Waals surface area contributed by atoms with E-state index in [9.17, 15) is 19.0 Å². The maximum atomic E-state index is 12.8. The number of carbonyl (C=O) groups excluding carboxylic acids is 2. The molecule has 0 radical (unpaired) electrons. The number of hydrogen-bond acceptors (Lipinski definition) is 7. The first-order valence-electron chi connectivity index (χ1n) is 28.7. The first-order valence-corrected chi connectivity index (χ1v) is 30.2. The summed E-state index contributed by atoms with van der Waals surface area (Å²) in [6.45, 7) is 4.18. The van der Waals surface area contributed by atoms with Crippen LogP contribution in [0.4, 0.5) is 0 Å². The molecule has 75 heavy (non-hydrogen) atoms. The zero-order chi connectivity index (χ0) is 54.9. The van der Waals surface area contributed by atoms with Crippen LogP contribution in [0.3, 0.4) is 0 Å². The number of hydrogen-bond donors (Lipinski definition) is 1. The van der Waals surface area contributed by atoms with Gasteiger partial charge in [-0.3, -0.25) is 18.6 Å². The molecule has 0 heterocycles. The Labute approximate surface area is 458 Å². The van der Waals surface area contributed by atoms with Crippen LogP contribution < -0.4 is 0 Å². The van der Waals surface area contributed by atoms with Gasteiger partial charge in [-0.25, -0.2) is 4.57 Å². The monoisotopic (exact) mass is 1060 g/mol. The summed E-state index contributed by atoms with van der Waals surface area (Å²) in [4.78, 5) is 35.6. The normalized spacial score (nSPS) is 14.5. The third-order valence-electron chi connectivity index (χ3n) is 11.3. The standard InChI is InChI=1S/C65H104NO8P/c1-6-8-10-12-14-16-18-20-22-23-24-25-26-27-28-29-30-31-32-33-34-35-36-37-38-39-40-41-42-43-44-46-48-50-52-54-56-58-65(68)74-63(62-73-75(69,70)72-60-59-66(3,4)5)61-71-64(67)57-55-53-51-49-47-45-21-19-17-15-13-11-9-7-2/h8,10,13-16,19-22,24-25,27-28,30-31,33-34,36-37,39-40,42-43,46,48,63H,6-7,9,11-12,17-18,23,26,29,32,35,38,41,44-45,47,49-62H2,1-5H3/p+1/b10-8-,15-13-,16-14-,21-19-,22-20-,25-24-,28-27-,31-30-,34-33-,37-36-,40-39-,43-42-,48-46-. The fourth-order valence-electron chi connectivity index (χ4n) is 6.86. The number of phosphoric acid groups is 1. The number of nitrogens with zero attached hydrogens (tertiary/aromatic N) is 1. The molecule has 422 valence electrons. The molecule has 0 aliphatic heterocycles. The second-order valence-electron chi connectivity index (χ2n) is 19.6. The van der Waals surface area contributed by atoms with Crippen molar-refractivity contribution in [1.29, 1.82) is 0 Å². The van der Waals surface area contributed by atoms with Crippen molar-refractivity contribution in [2.24, 2.45) is 0 Å². The van der Waals surface area contributed by atoms with Crippen LogP contribution in [0.1, 0.15) is 187 Å². The van der Waals surface area contributed by atoms with E-state index < -0.39 is 32.5 Å². The van der Waals surface area contributed by atoms with Crippen LogP contribution in [0, 0.1) is 0 Å². The summed E-state index contributed by atoms with van der Waals surface area (Å²) in [5.41, 5.74) is 0. The van der Waals surface area contributed by atoms with E-state index in [1.165, 1.54) is 12.8 Å². The maximum absolute atomic E-state index is 12.8. The van der Waals surface area contributed by atoms with E-state index in [2.05, 4.69) is 172 Å². The van der Waals surface area contributed by atoms with Gasteiger partial charge in [-0.15, -0.1) is 0 Å². The van der Waals surface area contributed by atoms with Crippen molar-refractivity contribution in [1.82, 2.24) is 0 Å². The van der Waals surface area contributed by atoms with Gasteiger partial charge in [0.15, 0.2) is 6.10 Å². The minimum Gasteiger partial charge on any atom is -0.462 e. The Morgan fingerprint density at radius 2 is 0.760 bits per heavy atom. The lowest BCUT2D eigenvalue weighted by Gasteiger charge is -2.24. The van der Waals surface area contributed by atoms with Gasteiger partial charge < -0.3 is 18.9 Å². The summed E-state index contributed by atoms with van der Waals surface area (Å²) in [6.07, 6.45) is 81.8. The molecule has 0 rings (SSSR count). The van der Waals surface area contributed by atoms with Gasteiger partial charge in [-0.2, -0.15) is 0 Å². The summed E-state index contributed by atoms with van der Waals surface area (Å²) < 4.78 is 34.4. The number of rotatable bonds is 50. The van der Waals surface area contributed by atoms with Gasteiger partial charge in [0.25, 0.3) is 0 Å². The lowest BCUT2D eigenvalue weighted by atomic mass is 10.1. The molecular formula is C65H105NO8P+. The molecule has 0 fully saturated rings. The van der Waals surface area contributed by atoms with Crippen LogP contribution in [-0.2, 0) is 32.7 Å². The molecule has 0 aliphatic carbocycles. The zero-order valence-corrected chi connectivity index (χ0v) is 48.6. The highest BCUT2D eigenvalue weighted by atomic mass is 31.2. The SMILES string of the molecule is CC/C=C\C/C=C\C/C=C\C/C=C\C/C=C\C/C=C\C/C=C\C/C=C\C/C=C\C/C=C\C/C=C\CCCCCC(=O)OC(COC(=O)CCCCCCC/C=C\C/C=C\CCCC)COP(=O)(O)OCC[N+](C)(C)C. The molecule has 0 aromatic rings. The predicted molar refractivity (Wildman–Crippen MR) is 320 cm³/mol. The van der Waals surface area contributed by atoms with Crippen molar-refractivity contribution in [3.8, 4) is 0 Å². The van der Waals surface area contributed by atoms with Gasteiger partial charge in [-0.05, 0) is 122 Å². The average Bonchev–Trinajstić information content (AvgIpc) is 3.37. The molecular weight excluding hydrogens is 954 g/mol. The van der Waals surface area contributed by atoms with Crippen LogP contribution in [0.25, 0.3) is 0 Å².